The van der Waals surface area contributed by atoms with E-state index >= 15 is 0 Å². The van der Waals surface area contributed by atoms with E-state index in [4.69, 9.17) is 4.74 Å². The van der Waals surface area contributed by atoms with Gasteiger partial charge in [-0.15, -0.1) is 5.10 Å². The van der Waals surface area contributed by atoms with Crippen LogP contribution in [0.15, 0.2) is 24.4 Å². The fraction of sp³-hybridized carbons (Fsp3) is 0.385. The third-order valence-corrected chi connectivity index (χ3v) is 2.96. The highest BCUT2D eigenvalue weighted by Gasteiger charge is 2.18. The van der Waals surface area contributed by atoms with Gasteiger partial charge in [0.15, 0.2) is 11.6 Å². The number of ether oxygens (including phenoxy) is 1. The predicted molar refractivity (Wildman–Crippen MR) is 69.5 cm³/mol. The first-order chi connectivity index (χ1) is 9.17. The van der Waals surface area contributed by atoms with Crippen molar-refractivity contribution in [3.05, 3.63) is 41.5 Å². The average molecular weight is 264 g/mol. The molecular formula is C13H17FN4O. The Hall–Kier alpha value is -1.95. The van der Waals surface area contributed by atoms with E-state index in [9.17, 15) is 4.39 Å². The normalized spacial score (nSPS) is 12.4. The van der Waals surface area contributed by atoms with Crippen molar-refractivity contribution in [2.75, 3.05) is 13.7 Å². The number of nitrogens with one attached hydrogen (secondary N) is 1. The second kappa shape index (κ2) is 5.79. The number of aromatic nitrogens is 3. The van der Waals surface area contributed by atoms with E-state index in [1.54, 1.807) is 23.0 Å². The zero-order valence-electron chi connectivity index (χ0n) is 11.2. The predicted octanol–water partition coefficient (Wildman–Crippen LogP) is 1.66. The van der Waals surface area contributed by atoms with Crippen LogP contribution in [0.25, 0.3) is 0 Å². The zero-order chi connectivity index (χ0) is 13.8. The number of halogens is 1. The minimum absolute atomic E-state index is 0.0977. The lowest BCUT2D eigenvalue weighted by Crippen LogP contribution is -2.24. The highest BCUT2D eigenvalue weighted by atomic mass is 19.1. The summed E-state index contributed by atoms with van der Waals surface area (Å²) in [6.07, 6.45) is 1.70. The first kappa shape index (κ1) is 13.5. The van der Waals surface area contributed by atoms with Gasteiger partial charge in [0.25, 0.3) is 0 Å². The lowest BCUT2D eigenvalue weighted by Gasteiger charge is -2.18. The van der Waals surface area contributed by atoms with E-state index in [1.807, 2.05) is 14.0 Å². The Balaban J connectivity index is 2.42. The number of hydrogen-bond donors (Lipinski definition) is 1. The van der Waals surface area contributed by atoms with Gasteiger partial charge in [-0.1, -0.05) is 18.2 Å². The molecule has 0 saturated carbocycles. The van der Waals surface area contributed by atoms with Gasteiger partial charge in [0, 0.05) is 7.05 Å². The van der Waals surface area contributed by atoms with Crippen LogP contribution in [0.1, 0.15) is 24.2 Å². The van der Waals surface area contributed by atoms with Crippen molar-refractivity contribution >= 4 is 0 Å². The number of rotatable bonds is 5. The van der Waals surface area contributed by atoms with Gasteiger partial charge in [-0.3, -0.25) is 4.68 Å². The Labute approximate surface area is 111 Å². The van der Waals surface area contributed by atoms with Crippen molar-refractivity contribution < 1.29 is 9.13 Å². The number of hydrogen-bond acceptors (Lipinski definition) is 4. The maximum Gasteiger partial charge on any atom is 0.165 e. The van der Waals surface area contributed by atoms with Crippen molar-refractivity contribution in [1.29, 1.82) is 0 Å². The molecule has 0 radical (unpaired) electrons. The van der Waals surface area contributed by atoms with Crippen LogP contribution in [0, 0.1) is 5.82 Å². The Morgan fingerprint density at radius 3 is 2.84 bits per heavy atom. The number of benzene rings is 1. The summed E-state index contributed by atoms with van der Waals surface area (Å²) in [5, 5.41) is 11.1. The Morgan fingerprint density at radius 2 is 2.26 bits per heavy atom. The van der Waals surface area contributed by atoms with E-state index in [-0.39, 0.29) is 17.6 Å². The van der Waals surface area contributed by atoms with Gasteiger partial charge in [-0.2, -0.15) is 0 Å². The van der Waals surface area contributed by atoms with Gasteiger partial charge < -0.3 is 10.1 Å². The van der Waals surface area contributed by atoms with Gasteiger partial charge in [-0.05, 0) is 24.2 Å². The summed E-state index contributed by atoms with van der Waals surface area (Å²) in [5.41, 5.74) is 1.82. The smallest absolute Gasteiger partial charge is 0.165 e. The largest absolute Gasteiger partial charge is 0.494 e. The fourth-order valence-electron chi connectivity index (χ4n) is 2.01. The van der Waals surface area contributed by atoms with Crippen LogP contribution in [0.5, 0.6) is 5.75 Å². The monoisotopic (exact) mass is 264 g/mol. The van der Waals surface area contributed by atoms with E-state index in [0.717, 1.165) is 17.8 Å². The standard InChI is InChI=1S/C13H17FN4O/c1-4-15-13(11-8-16-17-18(11)2)9-5-6-10(14)12(7-9)19-3/h5-8,13,15H,4H2,1-3H3. The fourth-order valence-corrected chi connectivity index (χ4v) is 2.01. The molecule has 6 heteroatoms. The number of methoxy groups -OCH3 is 1. The van der Waals surface area contributed by atoms with Crippen LogP contribution < -0.4 is 10.1 Å². The molecule has 0 spiro atoms. The Kier molecular flexibility index (Phi) is 4.11. The summed E-state index contributed by atoms with van der Waals surface area (Å²) >= 11 is 0. The maximum absolute atomic E-state index is 13.5. The molecule has 1 heterocycles. The van der Waals surface area contributed by atoms with E-state index in [2.05, 4.69) is 15.6 Å². The van der Waals surface area contributed by atoms with Crippen LogP contribution in [0.2, 0.25) is 0 Å². The SMILES string of the molecule is CCNC(c1ccc(F)c(OC)c1)c1cnnn1C. The van der Waals surface area contributed by atoms with E-state index < -0.39 is 0 Å². The van der Waals surface area contributed by atoms with Crippen LogP contribution in [-0.4, -0.2) is 28.6 Å². The van der Waals surface area contributed by atoms with Gasteiger partial charge in [0.05, 0.1) is 25.0 Å². The summed E-state index contributed by atoms with van der Waals surface area (Å²) in [7, 11) is 3.28. The molecule has 1 aromatic heterocycles. The van der Waals surface area contributed by atoms with Gasteiger partial charge in [-0.25, -0.2) is 4.39 Å². The zero-order valence-corrected chi connectivity index (χ0v) is 11.2. The van der Waals surface area contributed by atoms with Crippen LogP contribution >= 0.6 is 0 Å². The third-order valence-electron chi connectivity index (χ3n) is 2.96. The third kappa shape index (κ3) is 2.73. The van der Waals surface area contributed by atoms with Gasteiger partial charge in [0.1, 0.15) is 0 Å². The van der Waals surface area contributed by atoms with E-state index in [0.29, 0.717) is 0 Å². The summed E-state index contributed by atoms with van der Waals surface area (Å²) in [6, 6.07) is 4.73. The molecular weight excluding hydrogens is 247 g/mol. The molecule has 0 aliphatic heterocycles. The Bertz CT molecular complexity index is 555. The van der Waals surface area contributed by atoms with Gasteiger partial charge >= 0.3 is 0 Å². The van der Waals surface area contributed by atoms with Gasteiger partial charge in [0.2, 0.25) is 0 Å². The summed E-state index contributed by atoms with van der Waals surface area (Å²) in [6.45, 7) is 2.78. The summed E-state index contributed by atoms with van der Waals surface area (Å²) in [5.74, 6) is -0.139. The molecule has 2 rings (SSSR count). The molecule has 5 nitrogen and oxygen atoms in total. The van der Waals surface area contributed by atoms with Crippen molar-refractivity contribution in [2.24, 2.45) is 7.05 Å². The number of nitrogens with zero attached hydrogens (tertiary/aromatic N) is 3. The minimum atomic E-state index is -0.371. The molecule has 0 aliphatic rings. The Morgan fingerprint density at radius 1 is 1.47 bits per heavy atom. The quantitative estimate of drug-likeness (QED) is 0.892. The van der Waals surface area contributed by atoms with Crippen molar-refractivity contribution in [3.8, 4) is 5.75 Å². The van der Waals surface area contributed by atoms with Crippen molar-refractivity contribution in [1.82, 2.24) is 20.3 Å². The summed E-state index contributed by atoms with van der Waals surface area (Å²) < 4.78 is 20.2. The minimum Gasteiger partial charge on any atom is -0.494 e. The number of aryl methyl sites for hydroxylation is 1. The van der Waals surface area contributed by atoms with Crippen LogP contribution in [0.4, 0.5) is 4.39 Å². The van der Waals surface area contributed by atoms with Crippen LogP contribution in [-0.2, 0) is 7.05 Å². The summed E-state index contributed by atoms with van der Waals surface area (Å²) in [4.78, 5) is 0. The highest BCUT2D eigenvalue weighted by molar-refractivity contribution is 5.35. The molecule has 1 atom stereocenters. The molecule has 0 saturated heterocycles. The second-order valence-electron chi connectivity index (χ2n) is 4.17. The van der Waals surface area contributed by atoms with Crippen LogP contribution in [0.3, 0.4) is 0 Å². The van der Waals surface area contributed by atoms with E-state index in [1.165, 1.54) is 13.2 Å². The molecule has 19 heavy (non-hydrogen) atoms. The maximum atomic E-state index is 13.5. The van der Waals surface area contributed by atoms with Crippen molar-refractivity contribution in [2.45, 2.75) is 13.0 Å². The molecule has 0 aliphatic carbocycles. The molecule has 0 amide bonds. The first-order valence-electron chi connectivity index (χ1n) is 6.08. The molecule has 1 unspecified atom stereocenters. The highest BCUT2D eigenvalue weighted by Crippen LogP contribution is 2.26. The molecule has 102 valence electrons. The lowest BCUT2D eigenvalue weighted by atomic mass is 10.0. The topological polar surface area (TPSA) is 52.0 Å². The van der Waals surface area contributed by atoms with Crippen molar-refractivity contribution in [3.63, 3.8) is 0 Å². The second-order valence-corrected chi connectivity index (χ2v) is 4.17. The lowest BCUT2D eigenvalue weighted by molar-refractivity contribution is 0.385. The molecule has 0 fully saturated rings. The molecule has 2 aromatic rings. The molecule has 1 N–H and O–H groups in total. The average Bonchev–Trinajstić information content (AvgIpc) is 2.83. The first-order valence-corrected chi connectivity index (χ1v) is 6.08. The molecule has 1 aromatic carbocycles. The molecule has 0 bridgehead atoms.